The van der Waals surface area contributed by atoms with Gasteiger partial charge in [0.25, 0.3) is 0 Å². The van der Waals surface area contributed by atoms with Crippen LogP contribution >= 0.6 is 54.5 Å². The predicted molar refractivity (Wildman–Crippen MR) is 185 cm³/mol. The lowest BCUT2D eigenvalue weighted by Crippen LogP contribution is -1.99. The summed E-state index contributed by atoms with van der Waals surface area (Å²) in [7, 11) is 0.680. The van der Waals surface area contributed by atoms with Crippen LogP contribution in [0, 0.1) is 0 Å². The Morgan fingerprint density at radius 2 is 1.31 bits per heavy atom. The first-order chi connectivity index (χ1) is 18.5. The first-order valence-corrected chi connectivity index (χ1v) is 14.9. The van der Waals surface area contributed by atoms with Crippen molar-refractivity contribution < 1.29 is 9.68 Å². The zero-order valence-electron chi connectivity index (χ0n) is 20.5. The van der Waals surface area contributed by atoms with E-state index in [1.807, 2.05) is 42.5 Å². The molecule has 39 heavy (non-hydrogen) atoms. The van der Waals surface area contributed by atoms with Crippen LogP contribution in [0.2, 0.25) is 0 Å². The summed E-state index contributed by atoms with van der Waals surface area (Å²) in [5, 5.41) is 13.2. The Kier molecular flexibility index (Phi) is 12.8. The molecule has 1 aliphatic rings. The van der Waals surface area contributed by atoms with Crippen LogP contribution in [0.25, 0.3) is 32.7 Å². The van der Waals surface area contributed by atoms with Gasteiger partial charge in [0.05, 0.1) is 0 Å². The summed E-state index contributed by atoms with van der Waals surface area (Å²) in [6.07, 6.45) is 9.80. The lowest BCUT2D eigenvalue weighted by molar-refractivity contribution is 0.454. The summed E-state index contributed by atoms with van der Waals surface area (Å²) in [4.78, 5) is 0. The molecule has 6 rings (SSSR count). The average Bonchev–Trinajstić information content (AvgIpc) is 2.94. The summed E-state index contributed by atoms with van der Waals surface area (Å²) in [6.45, 7) is 0. The predicted octanol–water partition coefficient (Wildman–Crippen LogP) is 10.7. The third kappa shape index (κ3) is 9.64. The summed E-state index contributed by atoms with van der Waals surface area (Å²) in [5.41, 5.74) is 2.52. The molecule has 0 fully saturated rings. The third-order valence-electron chi connectivity index (χ3n) is 5.80. The van der Waals surface area contributed by atoms with Crippen LogP contribution in [0.1, 0.15) is 13.8 Å². The number of hydrogen-bond donors (Lipinski definition) is 1. The maximum atomic E-state index is 8.49. The molecule has 0 saturated heterocycles. The monoisotopic (exact) mass is 753 g/mol. The molecular formula is C33H29BBr2IO2. The van der Waals surface area contributed by atoms with Crippen LogP contribution in [0.3, 0.4) is 0 Å². The minimum Gasteiger partial charge on any atom is -0.537 e. The van der Waals surface area contributed by atoms with Gasteiger partial charge < -0.3 is 9.68 Å². The number of benzene rings is 5. The second kappa shape index (κ2) is 16.0. The highest BCUT2D eigenvalue weighted by molar-refractivity contribution is 14.1. The van der Waals surface area contributed by atoms with E-state index in [1.54, 1.807) is 0 Å². The van der Waals surface area contributed by atoms with Gasteiger partial charge in [0.2, 0.25) is 0 Å². The Labute approximate surface area is 262 Å². The van der Waals surface area contributed by atoms with Crippen molar-refractivity contribution in [3.63, 3.8) is 0 Å². The lowest BCUT2D eigenvalue weighted by Gasteiger charge is -2.04. The SMILES string of the molecule is Brc1ccc2ccc(-c3ccccc3)cc2c1.C.IC1C=CC=CC1.O[B]Oc1ccc2ccc(Br)cc2c1. The molecule has 1 N–H and O–H groups in total. The number of allylic oxidation sites excluding steroid dienone is 4. The largest absolute Gasteiger partial charge is 0.569 e. The summed E-state index contributed by atoms with van der Waals surface area (Å²) in [5.74, 6) is 0.623. The zero-order valence-corrected chi connectivity index (χ0v) is 25.8. The van der Waals surface area contributed by atoms with E-state index in [1.165, 1.54) is 28.3 Å². The summed E-state index contributed by atoms with van der Waals surface area (Å²) >= 11 is 9.33. The molecule has 6 heteroatoms. The first kappa shape index (κ1) is 31.1. The fourth-order valence-electron chi connectivity index (χ4n) is 3.91. The van der Waals surface area contributed by atoms with Crippen molar-refractivity contribution in [2.75, 3.05) is 0 Å². The van der Waals surface area contributed by atoms with Crippen molar-refractivity contribution >= 4 is 83.7 Å². The fourth-order valence-corrected chi connectivity index (χ4v) is 5.20. The van der Waals surface area contributed by atoms with E-state index >= 15 is 0 Å². The molecule has 0 amide bonds. The summed E-state index contributed by atoms with van der Waals surface area (Å²) in [6, 6.07) is 35.0. The van der Waals surface area contributed by atoms with Crippen LogP contribution in [-0.4, -0.2) is 16.6 Å². The van der Waals surface area contributed by atoms with Gasteiger partial charge in [0, 0.05) is 12.9 Å². The van der Waals surface area contributed by atoms with E-state index < -0.39 is 0 Å². The van der Waals surface area contributed by atoms with Crippen molar-refractivity contribution in [1.82, 2.24) is 0 Å². The normalized spacial score (nSPS) is 13.4. The standard InChI is InChI=1S/C16H11Br.C10H7BBrO2.C6H7I.CH4/c17-16-9-8-13-6-7-14(10-15(13)11-16)12-4-2-1-3-5-12;12-9-3-1-7-2-4-10(14-11-13)6-8(7)5-9;7-6-4-2-1-3-5-6;/h1-11H;1-6,13H;1-4,6H,5H2;1H4. The zero-order chi connectivity index (χ0) is 26.7. The van der Waals surface area contributed by atoms with E-state index in [0.29, 0.717) is 13.4 Å². The van der Waals surface area contributed by atoms with Gasteiger partial charge in [-0.15, -0.1) is 0 Å². The average molecular weight is 755 g/mol. The van der Waals surface area contributed by atoms with Crippen LogP contribution in [0.15, 0.2) is 136 Å². The van der Waals surface area contributed by atoms with Gasteiger partial charge in [0.15, 0.2) is 0 Å². The Hall–Kier alpha value is -2.39. The number of fused-ring (bicyclic) bond motifs is 2. The highest BCUT2D eigenvalue weighted by atomic mass is 127. The number of hydrogen-bond acceptors (Lipinski definition) is 2. The van der Waals surface area contributed by atoms with E-state index in [0.717, 1.165) is 23.6 Å². The number of halogens is 3. The van der Waals surface area contributed by atoms with Crippen molar-refractivity contribution in [3.8, 4) is 16.9 Å². The van der Waals surface area contributed by atoms with Gasteiger partial charge in [-0.1, -0.05) is 147 Å². The maximum absolute atomic E-state index is 8.49. The molecule has 2 nitrogen and oxygen atoms in total. The second-order valence-corrected chi connectivity index (χ2v) is 11.9. The lowest BCUT2D eigenvalue weighted by atomic mass is 10.0. The molecule has 5 aromatic carbocycles. The molecule has 0 aromatic heterocycles. The van der Waals surface area contributed by atoms with Crippen LogP contribution < -0.4 is 4.65 Å². The second-order valence-electron chi connectivity index (χ2n) is 8.51. The van der Waals surface area contributed by atoms with Gasteiger partial charge in [-0.05, 0) is 81.6 Å². The molecule has 0 bridgehead atoms. The molecule has 1 atom stereocenters. The molecule has 1 unspecified atom stereocenters. The topological polar surface area (TPSA) is 29.5 Å². The third-order valence-corrected chi connectivity index (χ3v) is 7.71. The highest BCUT2D eigenvalue weighted by Gasteiger charge is 2.00. The molecule has 0 saturated carbocycles. The van der Waals surface area contributed by atoms with E-state index in [-0.39, 0.29) is 7.43 Å². The molecule has 0 heterocycles. The Bertz CT molecular complexity index is 1550. The van der Waals surface area contributed by atoms with Gasteiger partial charge in [-0.2, -0.15) is 0 Å². The fraction of sp³-hybridized carbons (Fsp3) is 0.0909. The van der Waals surface area contributed by atoms with E-state index in [4.69, 9.17) is 9.68 Å². The van der Waals surface area contributed by atoms with Gasteiger partial charge in [0.1, 0.15) is 5.75 Å². The first-order valence-electron chi connectivity index (χ1n) is 12.1. The quantitative estimate of drug-likeness (QED) is 0.113. The van der Waals surface area contributed by atoms with Crippen LogP contribution in [0.4, 0.5) is 0 Å². The van der Waals surface area contributed by atoms with Gasteiger partial charge in [-0.25, -0.2) is 0 Å². The highest BCUT2D eigenvalue weighted by Crippen LogP contribution is 2.26. The summed E-state index contributed by atoms with van der Waals surface area (Å²) < 4.78 is 7.75. The van der Waals surface area contributed by atoms with Crippen LogP contribution in [0.5, 0.6) is 5.75 Å². The Morgan fingerprint density at radius 3 is 1.87 bits per heavy atom. The minimum atomic E-state index is 0. The van der Waals surface area contributed by atoms with Crippen molar-refractivity contribution in [2.45, 2.75) is 17.8 Å². The molecule has 197 valence electrons. The van der Waals surface area contributed by atoms with Gasteiger partial charge >= 0.3 is 7.69 Å². The number of rotatable bonds is 3. The van der Waals surface area contributed by atoms with Crippen LogP contribution in [-0.2, 0) is 0 Å². The number of alkyl halides is 1. The molecule has 1 aliphatic carbocycles. The molecular weight excluding hydrogens is 726 g/mol. The molecule has 0 spiro atoms. The minimum absolute atomic E-state index is 0. The van der Waals surface area contributed by atoms with E-state index in [9.17, 15) is 0 Å². The van der Waals surface area contributed by atoms with Crippen molar-refractivity contribution in [3.05, 3.63) is 136 Å². The van der Waals surface area contributed by atoms with Gasteiger partial charge in [-0.3, -0.25) is 0 Å². The molecule has 1 radical (unpaired) electrons. The Balaban J connectivity index is 0.000000172. The van der Waals surface area contributed by atoms with Crippen molar-refractivity contribution in [2.24, 2.45) is 0 Å². The van der Waals surface area contributed by atoms with E-state index in [2.05, 4.69) is 139 Å². The molecule has 0 aliphatic heterocycles. The smallest absolute Gasteiger partial charge is 0.537 e. The van der Waals surface area contributed by atoms with Crippen molar-refractivity contribution in [1.29, 1.82) is 0 Å². The Morgan fingerprint density at radius 1 is 0.692 bits per heavy atom. The molecule has 5 aromatic rings. The maximum Gasteiger partial charge on any atom is 0.569 e.